The van der Waals surface area contributed by atoms with E-state index in [-0.39, 0.29) is 24.8 Å². The van der Waals surface area contributed by atoms with E-state index in [9.17, 15) is 0 Å². The summed E-state index contributed by atoms with van der Waals surface area (Å²) in [6.07, 6.45) is 4.06. The van der Waals surface area contributed by atoms with Gasteiger partial charge >= 0.3 is 0 Å². The third-order valence-electron chi connectivity index (χ3n) is 2.87. The maximum Gasteiger partial charge on any atom is 0.0525 e. The van der Waals surface area contributed by atoms with Crippen LogP contribution in [0.5, 0.6) is 0 Å². The van der Waals surface area contributed by atoms with E-state index in [1.807, 2.05) is 17.9 Å². The molecule has 94 valence electrons. The lowest BCUT2D eigenvalue weighted by molar-refractivity contribution is 0.153. The second-order valence-corrected chi connectivity index (χ2v) is 3.93. The average molecular weight is 268 g/mol. The van der Waals surface area contributed by atoms with Crippen molar-refractivity contribution in [3.05, 3.63) is 18.0 Å². The average Bonchev–Trinajstić information content (AvgIpc) is 2.74. The van der Waals surface area contributed by atoms with Crippen molar-refractivity contribution in [3.63, 3.8) is 0 Å². The van der Waals surface area contributed by atoms with E-state index in [0.717, 1.165) is 19.7 Å². The molecule has 0 bridgehead atoms. The molecule has 1 aliphatic rings. The van der Waals surface area contributed by atoms with Gasteiger partial charge in [-0.15, -0.1) is 24.8 Å². The van der Waals surface area contributed by atoms with E-state index in [0.29, 0.717) is 11.8 Å². The first-order valence-electron chi connectivity index (χ1n) is 4.99. The van der Waals surface area contributed by atoms with Gasteiger partial charge in [-0.25, -0.2) is 0 Å². The number of methoxy groups -OCH3 is 1. The maximum atomic E-state index is 5.22. The number of hydrogen-bond donors (Lipinski definition) is 1. The van der Waals surface area contributed by atoms with Crippen LogP contribution in [0.3, 0.4) is 0 Å². The zero-order chi connectivity index (χ0) is 9.97. The number of hydrogen-bond acceptors (Lipinski definition) is 3. The summed E-state index contributed by atoms with van der Waals surface area (Å²) in [5.74, 6) is 1.15. The summed E-state index contributed by atoms with van der Waals surface area (Å²) >= 11 is 0. The molecule has 0 unspecified atom stereocenters. The van der Waals surface area contributed by atoms with Gasteiger partial charge < -0.3 is 10.1 Å². The SMILES string of the molecule is COC[C@@H]1CNC[C@H]1c1cnn(C)c1.Cl.Cl. The number of nitrogens with one attached hydrogen (secondary N) is 1. The Morgan fingerprint density at radius 1 is 1.50 bits per heavy atom. The van der Waals surface area contributed by atoms with Crippen LogP contribution in [0, 0.1) is 5.92 Å². The van der Waals surface area contributed by atoms with Gasteiger partial charge in [0.05, 0.1) is 12.8 Å². The third-order valence-corrected chi connectivity index (χ3v) is 2.87. The van der Waals surface area contributed by atoms with E-state index in [4.69, 9.17) is 4.74 Å². The molecule has 2 rings (SSSR count). The van der Waals surface area contributed by atoms with E-state index < -0.39 is 0 Å². The minimum absolute atomic E-state index is 0. The highest BCUT2D eigenvalue weighted by Crippen LogP contribution is 2.27. The molecule has 1 saturated heterocycles. The summed E-state index contributed by atoms with van der Waals surface area (Å²) in [5.41, 5.74) is 1.32. The number of rotatable bonds is 3. The molecule has 6 heteroatoms. The van der Waals surface area contributed by atoms with Gasteiger partial charge in [-0.05, 0) is 5.56 Å². The van der Waals surface area contributed by atoms with Crippen molar-refractivity contribution < 1.29 is 4.74 Å². The summed E-state index contributed by atoms with van der Waals surface area (Å²) in [6.45, 7) is 2.92. The number of nitrogens with zero attached hydrogens (tertiary/aromatic N) is 2. The van der Waals surface area contributed by atoms with Gasteiger partial charge in [0.1, 0.15) is 0 Å². The highest BCUT2D eigenvalue weighted by atomic mass is 35.5. The van der Waals surface area contributed by atoms with Gasteiger partial charge in [-0.1, -0.05) is 0 Å². The van der Waals surface area contributed by atoms with Crippen LogP contribution in [0.15, 0.2) is 12.4 Å². The zero-order valence-electron chi connectivity index (χ0n) is 9.55. The zero-order valence-corrected chi connectivity index (χ0v) is 11.2. The van der Waals surface area contributed by atoms with Gasteiger partial charge in [0, 0.05) is 45.3 Å². The fraction of sp³-hybridized carbons (Fsp3) is 0.700. The van der Waals surface area contributed by atoms with Crippen LogP contribution in [-0.4, -0.2) is 36.6 Å². The molecule has 0 aliphatic carbocycles. The predicted octanol–water partition coefficient (Wildman–Crippen LogP) is 1.21. The Hall–Kier alpha value is -0.290. The van der Waals surface area contributed by atoms with Gasteiger partial charge in [0.15, 0.2) is 0 Å². The van der Waals surface area contributed by atoms with Gasteiger partial charge in [-0.3, -0.25) is 4.68 Å². The quantitative estimate of drug-likeness (QED) is 0.895. The number of halogens is 2. The second-order valence-electron chi connectivity index (χ2n) is 3.93. The molecule has 1 aliphatic heterocycles. The molecule has 0 aromatic carbocycles. The number of ether oxygens (including phenoxy) is 1. The lowest BCUT2D eigenvalue weighted by atomic mass is 9.92. The first-order valence-corrected chi connectivity index (χ1v) is 4.99. The Morgan fingerprint density at radius 2 is 2.25 bits per heavy atom. The Labute approximate surface area is 109 Å². The molecule has 1 N–H and O–H groups in total. The fourth-order valence-corrected chi connectivity index (χ4v) is 2.14. The van der Waals surface area contributed by atoms with Crippen LogP contribution in [0.1, 0.15) is 11.5 Å². The van der Waals surface area contributed by atoms with Crippen molar-refractivity contribution in [2.24, 2.45) is 13.0 Å². The maximum absolute atomic E-state index is 5.22. The van der Waals surface area contributed by atoms with E-state index in [2.05, 4.69) is 16.6 Å². The first kappa shape index (κ1) is 15.7. The minimum atomic E-state index is 0. The number of aromatic nitrogens is 2. The molecule has 0 spiro atoms. The van der Waals surface area contributed by atoms with E-state index in [1.54, 1.807) is 7.11 Å². The summed E-state index contributed by atoms with van der Waals surface area (Å²) in [6, 6.07) is 0. The molecule has 16 heavy (non-hydrogen) atoms. The predicted molar refractivity (Wildman–Crippen MR) is 68.7 cm³/mol. The molecule has 2 heterocycles. The van der Waals surface area contributed by atoms with Crippen molar-refractivity contribution in [1.82, 2.24) is 15.1 Å². The summed E-state index contributed by atoms with van der Waals surface area (Å²) in [7, 11) is 3.72. The molecular weight excluding hydrogens is 249 g/mol. The van der Waals surface area contributed by atoms with Crippen molar-refractivity contribution >= 4 is 24.8 Å². The number of aryl methyl sites for hydroxylation is 1. The normalized spacial score (nSPS) is 23.6. The molecule has 1 fully saturated rings. The molecule has 4 nitrogen and oxygen atoms in total. The van der Waals surface area contributed by atoms with Crippen LogP contribution in [0.4, 0.5) is 0 Å². The smallest absolute Gasteiger partial charge is 0.0525 e. The Bertz CT molecular complexity index is 306. The first-order chi connectivity index (χ1) is 6.81. The molecular formula is C10H19Cl2N3O. The largest absolute Gasteiger partial charge is 0.384 e. The minimum Gasteiger partial charge on any atom is -0.384 e. The lowest BCUT2D eigenvalue weighted by Crippen LogP contribution is -2.16. The van der Waals surface area contributed by atoms with Crippen molar-refractivity contribution in [2.45, 2.75) is 5.92 Å². The van der Waals surface area contributed by atoms with Gasteiger partial charge in [0.2, 0.25) is 0 Å². The second kappa shape index (κ2) is 7.12. The van der Waals surface area contributed by atoms with Crippen molar-refractivity contribution in [1.29, 1.82) is 0 Å². The van der Waals surface area contributed by atoms with Gasteiger partial charge in [-0.2, -0.15) is 5.10 Å². The highest BCUT2D eigenvalue weighted by Gasteiger charge is 2.28. The Morgan fingerprint density at radius 3 is 2.81 bits per heavy atom. The molecule has 1 aromatic rings. The standard InChI is InChI=1S/C10H17N3O.2ClH/c1-13-6-8(4-12-13)10-5-11-3-9(10)7-14-2;;/h4,6,9-11H,3,5,7H2,1-2H3;2*1H/t9-,10-;;/m0../s1. The van der Waals surface area contributed by atoms with Crippen LogP contribution in [0.25, 0.3) is 0 Å². The summed E-state index contributed by atoms with van der Waals surface area (Å²) < 4.78 is 7.08. The topological polar surface area (TPSA) is 39.1 Å². The van der Waals surface area contributed by atoms with E-state index in [1.165, 1.54) is 5.56 Å². The summed E-state index contributed by atoms with van der Waals surface area (Å²) in [5, 5.41) is 7.60. The van der Waals surface area contributed by atoms with Crippen molar-refractivity contribution in [2.75, 3.05) is 26.8 Å². The van der Waals surface area contributed by atoms with Crippen LogP contribution in [-0.2, 0) is 11.8 Å². The van der Waals surface area contributed by atoms with Crippen molar-refractivity contribution in [3.8, 4) is 0 Å². The molecule has 0 saturated carbocycles. The lowest BCUT2D eigenvalue weighted by Gasteiger charge is -2.15. The Kier molecular flexibility index (Phi) is 6.99. The molecule has 0 amide bonds. The Balaban J connectivity index is 0.00000112. The van der Waals surface area contributed by atoms with Crippen LogP contribution in [0.2, 0.25) is 0 Å². The molecule has 0 radical (unpaired) electrons. The highest BCUT2D eigenvalue weighted by molar-refractivity contribution is 5.85. The van der Waals surface area contributed by atoms with E-state index >= 15 is 0 Å². The monoisotopic (exact) mass is 267 g/mol. The van der Waals surface area contributed by atoms with Crippen LogP contribution < -0.4 is 5.32 Å². The van der Waals surface area contributed by atoms with Gasteiger partial charge in [0.25, 0.3) is 0 Å². The molecule has 1 aromatic heterocycles. The fourth-order valence-electron chi connectivity index (χ4n) is 2.14. The van der Waals surface area contributed by atoms with Crippen LogP contribution >= 0.6 is 24.8 Å². The summed E-state index contributed by atoms with van der Waals surface area (Å²) in [4.78, 5) is 0. The molecule has 2 atom stereocenters. The third kappa shape index (κ3) is 3.35.